The molecule has 0 aromatic heterocycles. The summed E-state index contributed by atoms with van der Waals surface area (Å²) < 4.78 is 15.9. The second-order valence-corrected chi connectivity index (χ2v) is 5.37. The highest BCUT2D eigenvalue weighted by Crippen LogP contribution is 2.25. The van der Waals surface area contributed by atoms with E-state index in [-0.39, 0.29) is 19.8 Å². The van der Waals surface area contributed by atoms with E-state index in [1.54, 1.807) is 19.9 Å². The van der Waals surface area contributed by atoms with Crippen molar-refractivity contribution in [3.63, 3.8) is 0 Å². The number of carbonyl (C=O) groups is 2. The van der Waals surface area contributed by atoms with E-state index in [4.69, 9.17) is 14.2 Å². The molecule has 124 valence electrons. The lowest BCUT2D eigenvalue weighted by Gasteiger charge is -2.31. The van der Waals surface area contributed by atoms with E-state index in [0.29, 0.717) is 24.2 Å². The van der Waals surface area contributed by atoms with Gasteiger partial charge in [0.05, 0.1) is 18.6 Å². The van der Waals surface area contributed by atoms with Crippen molar-refractivity contribution in [2.24, 2.45) is 5.41 Å². The van der Waals surface area contributed by atoms with Gasteiger partial charge in [0, 0.05) is 11.1 Å². The van der Waals surface area contributed by atoms with E-state index in [0.717, 1.165) is 0 Å². The van der Waals surface area contributed by atoms with Crippen molar-refractivity contribution in [1.82, 2.24) is 0 Å². The lowest BCUT2D eigenvalue weighted by atomic mass is 9.88. The Morgan fingerprint density at radius 2 is 1.45 bits per heavy atom. The molecule has 0 aliphatic heterocycles. The van der Waals surface area contributed by atoms with E-state index < -0.39 is 17.4 Å². The summed E-state index contributed by atoms with van der Waals surface area (Å²) in [7, 11) is 0. The van der Waals surface area contributed by atoms with Crippen LogP contribution < -0.4 is 0 Å². The van der Waals surface area contributed by atoms with Gasteiger partial charge in [-0.3, -0.25) is 0 Å². The molecule has 0 aliphatic rings. The first-order valence-corrected chi connectivity index (χ1v) is 7.12. The van der Waals surface area contributed by atoms with E-state index in [2.05, 4.69) is 19.7 Å². The standard InChI is InChI=1S/C17H26O5/c1-7-9-20-10-17(8-2,11-21-15(18)13(3)4)12-22-16(19)14(5)6/h7H,1,3,5,8-12H2,2,4,6H3. The Hall–Kier alpha value is -1.88. The molecule has 5 heteroatoms. The second kappa shape index (κ2) is 9.95. The molecule has 0 atom stereocenters. The average Bonchev–Trinajstić information content (AvgIpc) is 2.48. The fourth-order valence-corrected chi connectivity index (χ4v) is 1.47. The van der Waals surface area contributed by atoms with Crippen LogP contribution in [0.5, 0.6) is 0 Å². The van der Waals surface area contributed by atoms with E-state index in [1.807, 2.05) is 6.92 Å². The summed E-state index contributed by atoms with van der Waals surface area (Å²) in [5, 5.41) is 0. The van der Waals surface area contributed by atoms with Gasteiger partial charge in [0.1, 0.15) is 13.2 Å². The Bertz CT molecular complexity index is 406. The van der Waals surface area contributed by atoms with Gasteiger partial charge in [-0.05, 0) is 20.3 Å². The first kappa shape index (κ1) is 20.1. The van der Waals surface area contributed by atoms with E-state index in [1.165, 1.54) is 0 Å². The number of esters is 2. The van der Waals surface area contributed by atoms with Crippen molar-refractivity contribution in [2.45, 2.75) is 27.2 Å². The summed E-state index contributed by atoms with van der Waals surface area (Å²) in [6.07, 6.45) is 2.23. The molecule has 0 rings (SSSR count). The van der Waals surface area contributed by atoms with Crippen molar-refractivity contribution >= 4 is 11.9 Å². The van der Waals surface area contributed by atoms with Gasteiger partial charge in [-0.25, -0.2) is 9.59 Å². The maximum Gasteiger partial charge on any atom is 0.333 e. The van der Waals surface area contributed by atoms with Gasteiger partial charge in [0.2, 0.25) is 0 Å². The van der Waals surface area contributed by atoms with Crippen LogP contribution >= 0.6 is 0 Å². The Morgan fingerprint density at radius 1 is 1.00 bits per heavy atom. The second-order valence-electron chi connectivity index (χ2n) is 5.37. The molecule has 0 amide bonds. The summed E-state index contributed by atoms with van der Waals surface area (Å²) in [5.74, 6) is -0.958. The fraction of sp³-hybridized carbons (Fsp3) is 0.529. The molecule has 0 N–H and O–H groups in total. The van der Waals surface area contributed by atoms with Crippen LogP contribution in [-0.4, -0.2) is 38.4 Å². The number of rotatable bonds is 11. The lowest BCUT2D eigenvalue weighted by Crippen LogP contribution is -2.38. The van der Waals surface area contributed by atoms with Gasteiger partial charge in [-0.15, -0.1) is 6.58 Å². The van der Waals surface area contributed by atoms with Gasteiger partial charge < -0.3 is 14.2 Å². The molecule has 0 aromatic rings. The monoisotopic (exact) mass is 310 g/mol. The Kier molecular flexibility index (Phi) is 9.10. The zero-order chi connectivity index (χ0) is 17.2. The highest BCUT2D eigenvalue weighted by atomic mass is 16.6. The molecule has 0 saturated carbocycles. The predicted molar refractivity (Wildman–Crippen MR) is 85.3 cm³/mol. The van der Waals surface area contributed by atoms with Gasteiger partial charge >= 0.3 is 11.9 Å². The van der Waals surface area contributed by atoms with Gasteiger partial charge in [-0.1, -0.05) is 26.2 Å². The third kappa shape index (κ3) is 7.22. The summed E-state index contributed by atoms with van der Waals surface area (Å²) in [6.45, 7) is 16.5. The normalized spacial score (nSPS) is 10.7. The molecular weight excluding hydrogens is 284 g/mol. The summed E-state index contributed by atoms with van der Waals surface area (Å²) in [4.78, 5) is 23.2. The quantitative estimate of drug-likeness (QED) is 0.254. The first-order chi connectivity index (χ1) is 10.3. The summed E-state index contributed by atoms with van der Waals surface area (Å²) >= 11 is 0. The smallest absolute Gasteiger partial charge is 0.333 e. The van der Waals surface area contributed by atoms with Crippen LogP contribution in [0.4, 0.5) is 0 Å². The van der Waals surface area contributed by atoms with Crippen molar-refractivity contribution in [2.75, 3.05) is 26.4 Å². The minimum Gasteiger partial charge on any atom is -0.462 e. The molecule has 0 fully saturated rings. The van der Waals surface area contributed by atoms with E-state index >= 15 is 0 Å². The largest absolute Gasteiger partial charge is 0.462 e. The van der Waals surface area contributed by atoms with E-state index in [9.17, 15) is 9.59 Å². The van der Waals surface area contributed by atoms with Crippen LogP contribution in [0.3, 0.4) is 0 Å². The first-order valence-electron chi connectivity index (χ1n) is 7.12. The zero-order valence-corrected chi connectivity index (χ0v) is 13.8. The Morgan fingerprint density at radius 3 is 1.77 bits per heavy atom. The predicted octanol–water partition coefficient (Wildman–Crippen LogP) is 2.82. The van der Waals surface area contributed by atoms with Crippen molar-refractivity contribution in [3.8, 4) is 0 Å². The van der Waals surface area contributed by atoms with Crippen molar-refractivity contribution in [1.29, 1.82) is 0 Å². The third-order valence-corrected chi connectivity index (χ3v) is 3.11. The molecule has 0 radical (unpaired) electrons. The van der Waals surface area contributed by atoms with Crippen LogP contribution in [0.1, 0.15) is 27.2 Å². The molecule has 0 heterocycles. The molecule has 5 nitrogen and oxygen atoms in total. The molecule has 0 aliphatic carbocycles. The maximum absolute atomic E-state index is 11.6. The van der Waals surface area contributed by atoms with Gasteiger partial charge in [0.25, 0.3) is 0 Å². The molecule has 0 spiro atoms. The van der Waals surface area contributed by atoms with Crippen molar-refractivity contribution < 1.29 is 23.8 Å². The SMILES string of the molecule is C=CCOCC(CC)(COC(=O)C(=C)C)COC(=O)C(=C)C. The van der Waals surface area contributed by atoms with Crippen LogP contribution in [-0.2, 0) is 23.8 Å². The number of ether oxygens (including phenoxy) is 3. The summed E-state index contributed by atoms with van der Waals surface area (Å²) in [6, 6.07) is 0. The highest BCUT2D eigenvalue weighted by molar-refractivity contribution is 5.87. The minimum atomic E-state index is -0.612. The average molecular weight is 310 g/mol. The highest BCUT2D eigenvalue weighted by Gasteiger charge is 2.32. The Balaban J connectivity index is 4.86. The minimum absolute atomic E-state index is 0.0792. The van der Waals surface area contributed by atoms with Gasteiger partial charge in [-0.2, -0.15) is 0 Å². The van der Waals surface area contributed by atoms with Crippen LogP contribution in [0, 0.1) is 5.41 Å². The lowest BCUT2D eigenvalue weighted by molar-refractivity contribution is -0.152. The van der Waals surface area contributed by atoms with Crippen LogP contribution in [0.25, 0.3) is 0 Å². The van der Waals surface area contributed by atoms with Crippen molar-refractivity contribution in [3.05, 3.63) is 37.0 Å². The van der Waals surface area contributed by atoms with Crippen LogP contribution in [0.15, 0.2) is 37.0 Å². The molecule has 0 unspecified atom stereocenters. The number of carbonyl (C=O) groups excluding carboxylic acids is 2. The maximum atomic E-state index is 11.6. The fourth-order valence-electron chi connectivity index (χ4n) is 1.47. The number of hydrogen-bond acceptors (Lipinski definition) is 5. The van der Waals surface area contributed by atoms with Gasteiger partial charge in [0.15, 0.2) is 0 Å². The molecule has 0 aromatic carbocycles. The topological polar surface area (TPSA) is 61.8 Å². The molecule has 0 bridgehead atoms. The molecule has 0 saturated heterocycles. The molecule has 22 heavy (non-hydrogen) atoms. The van der Waals surface area contributed by atoms with Crippen LogP contribution in [0.2, 0.25) is 0 Å². The Labute approximate surface area is 132 Å². The summed E-state index contributed by atoms with van der Waals surface area (Å²) in [5.41, 5.74) is 0.0195. The zero-order valence-electron chi connectivity index (χ0n) is 13.8. The molecular formula is C17H26O5. The number of hydrogen-bond donors (Lipinski definition) is 0. The third-order valence-electron chi connectivity index (χ3n) is 3.11.